The van der Waals surface area contributed by atoms with Crippen LogP contribution in [0.25, 0.3) is 22.2 Å². The van der Waals surface area contributed by atoms with E-state index in [-0.39, 0.29) is 5.69 Å². The van der Waals surface area contributed by atoms with E-state index in [1.165, 1.54) is 6.07 Å². The number of halogens is 1. The molecule has 0 saturated carbocycles. The Labute approximate surface area is 113 Å². The van der Waals surface area contributed by atoms with Crippen LogP contribution in [0.1, 0.15) is 10.5 Å². The highest BCUT2D eigenvalue weighted by Gasteiger charge is 2.17. The van der Waals surface area contributed by atoms with Crippen molar-refractivity contribution >= 4 is 28.5 Å². The summed E-state index contributed by atoms with van der Waals surface area (Å²) >= 11 is 6.16. The summed E-state index contributed by atoms with van der Waals surface area (Å²) < 4.78 is 6.96. The molecule has 0 aliphatic heterocycles. The minimum Gasteiger partial charge on any atom is -0.476 e. The van der Waals surface area contributed by atoms with Crippen LogP contribution in [-0.2, 0) is 7.05 Å². The summed E-state index contributed by atoms with van der Waals surface area (Å²) in [6, 6.07) is 6.94. The van der Waals surface area contributed by atoms with Gasteiger partial charge in [-0.1, -0.05) is 28.9 Å². The van der Waals surface area contributed by atoms with Gasteiger partial charge >= 0.3 is 5.97 Å². The molecule has 0 unspecified atom stereocenters. The smallest absolute Gasteiger partial charge is 0.358 e. The number of rotatable bonds is 2. The number of hydrogen-bond acceptors (Lipinski definition) is 3. The van der Waals surface area contributed by atoms with E-state index in [9.17, 15) is 4.79 Å². The number of aryl methyl sites for hydroxylation is 1. The van der Waals surface area contributed by atoms with Crippen molar-refractivity contribution in [2.24, 2.45) is 7.05 Å². The number of carboxylic acid groups (broad SMARTS) is 1. The van der Waals surface area contributed by atoms with Crippen LogP contribution < -0.4 is 0 Å². The lowest BCUT2D eigenvalue weighted by atomic mass is 10.1. The first-order chi connectivity index (χ1) is 9.08. The fraction of sp³-hybridized carbons (Fsp3) is 0.0769. The predicted molar refractivity (Wildman–Crippen MR) is 70.4 cm³/mol. The van der Waals surface area contributed by atoms with Gasteiger partial charge in [-0.3, -0.25) is 0 Å². The molecule has 0 fully saturated rings. The standard InChI is InChI=1S/C13H9ClN2O3/c1-16-6-8(7-3-2-4-9(14)12(7)16)11-5-10(13(17)18)15-19-11/h2-6H,1H3,(H,17,18). The van der Waals surface area contributed by atoms with Gasteiger partial charge in [-0.2, -0.15) is 0 Å². The molecule has 0 aliphatic carbocycles. The van der Waals surface area contributed by atoms with E-state index in [0.717, 1.165) is 16.5 Å². The molecule has 6 heteroatoms. The Hall–Kier alpha value is -2.27. The van der Waals surface area contributed by atoms with Gasteiger partial charge in [0.25, 0.3) is 0 Å². The zero-order valence-electron chi connectivity index (χ0n) is 9.92. The van der Waals surface area contributed by atoms with E-state index in [1.807, 2.05) is 29.9 Å². The molecule has 3 aromatic rings. The van der Waals surface area contributed by atoms with E-state index in [2.05, 4.69) is 5.16 Å². The number of aromatic nitrogens is 2. The van der Waals surface area contributed by atoms with Gasteiger partial charge < -0.3 is 14.2 Å². The maximum absolute atomic E-state index is 10.8. The second-order valence-electron chi connectivity index (χ2n) is 4.17. The van der Waals surface area contributed by atoms with Crippen molar-refractivity contribution in [2.75, 3.05) is 0 Å². The van der Waals surface area contributed by atoms with Crippen LogP contribution in [0.3, 0.4) is 0 Å². The van der Waals surface area contributed by atoms with Crippen molar-refractivity contribution in [3.63, 3.8) is 0 Å². The summed E-state index contributed by atoms with van der Waals surface area (Å²) in [5, 5.41) is 13.9. The SMILES string of the molecule is Cn1cc(-c2cc(C(=O)O)no2)c2cccc(Cl)c21. The van der Waals surface area contributed by atoms with Gasteiger partial charge in [-0.15, -0.1) is 0 Å². The largest absolute Gasteiger partial charge is 0.476 e. The normalized spacial score (nSPS) is 11.1. The molecular weight excluding hydrogens is 268 g/mol. The summed E-state index contributed by atoms with van der Waals surface area (Å²) in [5.74, 6) is -0.710. The summed E-state index contributed by atoms with van der Waals surface area (Å²) in [7, 11) is 1.87. The van der Waals surface area contributed by atoms with E-state index in [4.69, 9.17) is 21.2 Å². The molecule has 0 aliphatic rings. The van der Waals surface area contributed by atoms with E-state index in [0.29, 0.717) is 10.8 Å². The highest BCUT2D eigenvalue weighted by molar-refractivity contribution is 6.35. The second kappa shape index (κ2) is 4.13. The molecular formula is C13H9ClN2O3. The lowest BCUT2D eigenvalue weighted by Gasteiger charge is -1.97. The number of para-hydroxylation sites is 1. The Morgan fingerprint density at radius 3 is 2.95 bits per heavy atom. The number of hydrogen-bond donors (Lipinski definition) is 1. The van der Waals surface area contributed by atoms with Crippen LogP contribution in [0.2, 0.25) is 5.02 Å². The molecule has 96 valence electrons. The summed E-state index contributed by atoms with van der Waals surface area (Å²) in [6.45, 7) is 0. The number of fused-ring (bicyclic) bond motifs is 1. The number of aromatic carboxylic acids is 1. The first kappa shape index (κ1) is 11.8. The fourth-order valence-corrected chi connectivity index (χ4v) is 2.43. The van der Waals surface area contributed by atoms with Gasteiger partial charge in [0, 0.05) is 30.3 Å². The summed E-state index contributed by atoms with van der Waals surface area (Å²) in [4.78, 5) is 10.8. The van der Waals surface area contributed by atoms with Crippen LogP contribution in [0, 0.1) is 0 Å². The van der Waals surface area contributed by atoms with E-state index in [1.54, 1.807) is 6.07 Å². The molecule has 5 nitrogen and oxygen atoms in total. The second-order valence-corrected chi connectivity index (χ2v) is 4.58. The third-order valence-electron chi connectivity index (χ3n) is 2.95. The Morgan fingerprint density at radius 2 is 2.26 bits per heavy atom. The molecule has 0 saturated heterocycles. The average molecular weight is 277 g/mol. The number of carbonyl (C=O) groups is 1. The van der Waals surface area contributed by atoms with Crippen LogP contribution >= 0.6 is 11.6 Å². The molecule has 0 bridgehead atoms. The fourth-order valence-electron chi connectivity index (χ4n) is 2.12. The van der Waals surface area contributed by atoms with Gasteiger partial charge in [0.05, 0.1) is 10.5 Å². The van der Waals surface area contributed by atoms with Crippen molar-refractivity contribution in [3.05, 3.63) is 41.2 Å². The molecule has 0 amide bonds. The first-order valence-corrected chi connectivity index (χ1v) is 5.89. The van der Waals surface area contributed by atoms with Gasteiger partial charge in [0.1, 0.15) is 0 Å². The van der Waals surface area contributed by atoms with Crippen LogP contribution in [0.15, 0.2) is 35.0 Å². The third-order valence-corrected chi connectivity index (χ3v) is 3.25. The summed E-state index contributed by atoms with van der Waals surface area (Å²) in [5.41, 5.74) is 1.52. The molecule has 1 N–H and O–H groups in total. The molecule has 2 heterocycles. The number of carboxylic acids is 1. The Bertz CT molecular complexity index is 788. The first-order valence-electron chi connectivity index (χ1n) is 5.52. The Kier molecular flexibility index (Phi) is 2.57. The van der Waals surface area contributed by atoms with Crippen molar-refractivity contribution in [2.45, 2.75) is 0 Å². The lowest BCUT2D eigenvalue weighted by Crippen LogP contribution is -1.94. The third kappa shape index (κ3) is 1.79. The van der Waals surface area contributed by atoms with Crippen molar-refractivity contribution in [1.82, 2.24) is 9.72 Å². The highest BCUT2D eigenvalue weighted by atomic mass is 35.5. The molecule has 0 spiro atoms. The Balaban J connectivity index is 2.25. The molecule has 1 aromatic carbocycles. The summed E-state index contributed by atoms with van der Waals surface area (Å²) in [6.07, 6.45) is 1.84. The van der Waals surface area contributed by atoms with E-state index < -0.39 is 5.97 Å². The minimum absolute atomic E-state index is 0.117. The average Bonchev–Trinajstić information content (AvgIpc) is 2.95. The molecule has 0 atom stereocenters. The molecule has 2 aromatic heterocycles. The Morgan fingerprint density at radius 1 is 1.47 bits per heavy atom. The molecule has 0 radical (unpaired) electrons. The number of benzene rings is 1. The zero-order chi connectivity index (χ0) is 13.6. The predicted octanol–water partition coefficient (Wildman–Crippen LogP) is 3.18. The lowest BCUT2D eigenvalue weighted by molar-refractivity contribution is 0.0686. The number of nitrogens with zero attached hydrogens (tertiary/aromatic N) is 2. The van der Waals surface area contributed by atoms with Crippen LogP contribution in [0.4, 0.5) is 0 Å². The van der Waals surface area contributed by atoms with Crippen molar-refractivity contribution < 1.29 is 14.4 Å². The molecule has 19 heavy (non-hydrogen) atoms. The quantitative estimate of drug-likeness (QED) is 0.780. The van der Waals surface area contributed by atoms with Gasteiger partial charge in [0.15, 0.2) is 11.5 Å². The zero-order valence-corrected chi connectivity index (χ0v) is 10.7. The topological polar surface area (TPSA) is 68.3 Å². The van der Waals surface area contributed by atoms with E-state index >= 15 is 0 Å². The van der Waals surface area contributed by atoms with Crippen molar-refractivity contribution in [1.29, 1.82) is 0 Å². The van der Waals surface area contributed by atoms with Crippen molar-refractivity contribution in [3.8, 4) is 11.3 Å². The maximum atomic E-state index is 10.8. The maximum Gasteiger partial charge on any atom is 0.358 e. The minimum atomic E-state index is -1.12. The van der Waals surface area contributed by atoms with Gasteiger partial charge in [-0.25, -0.2) is 4.79 Å². The van der Waals surface area contributed by atoms with Crippen LogP contribution in [-0.4, -0.2) is 20.8 Å². The monoisotopic (exact) mass is 276 g/mol. The van der Waals surface area contributed by atoms with Gasteiger partial charge in [-0.05, 0) is 6.07 Å². The highest BCUT2D eigenvalue weighted by Crippen LogP contribution is 2.34. The van der Waals surface area contributed by atoms with Gasteiger partial charge in [0.2, 0.25) is 0 Å². The van der Waals surface area contributed by atoms with Crippen LogP contribution in [0.5, 0.6) is 0 Å². The molecule has 3 rings (SSSR count).